The van der Waals surface area contributed by atoms with E-state index in [1.807, 2.05) is 66.2 Å². The molecular formula is C21H20N4O. The van der Waals surface area contributed by atoms with Gasteiger partial charge >= 0.3 is 0 Å². The highest BCUT2D eigenvalue weighted by Crippen LogP contribution is 2.20. The van der Waals surface area contributed by atoms with Gasteiger partial charge in [0.15, 0.2) is 5.65 Å². The van der Waals surface area contributed by atoms with E-state index in [9.17, 15) is 0 Å². The first kappa shape index (κ1) is 16.2. The summed E-state index contributed by atoms with van der Waals surface area (Å²) in [7, 11) is 0. The van der Waals surface area contributed by atoms with Crippen LogP contribution in [0.5, 0.6) is 5.75 Å². The highest BCUT2D eigenvalue weighted by molar-refractivity contribution is 5.75. The molecule has 0 amide bonds. The van der Waals surface area contributed by atoms with Crippen LogP contribution in [0.4, 0.5) is 5.82 Å². The third kappa shape index (κ3) is 3.25. The van der Waals surface area contributed by atoms with E-state index in [1.54, 1.807) is 0 Å². The standard InChI is InChI=1S/C21H20N4O/c1-2-26-19-10-6-5-9-17(19)13-14-22-20-11-12-21-23-15-18(25(21)24-20)16-7-3-4-8-16/h3-7,9-12,15H,2,13-14H2,1H3,(H,22,24). The first-order valence-electron chi connectivity index (χ1n) is 8.78. The van der Waals surface area contributed by atoms with Gasteiger partial charge in [0, 0.05) is 12.1 Å². The molecule has 0 unspecified atom stereocenters. The van der Waals surface area contributed by atoms with E-state index in [2.05, 4.69) is 27.2 Å². The number of imidazole rings is 1. The summed E-state index contributed by atoms with van der Waals surface area (Å²) in [6, 6.07) is 12.1. The third-order valence-electron chi connectivity index (χ3n) is 4.21. The van der Waals surface area contributed by atoms with Crippen molar-refractivity contribution in [2.24, 2.45) is 0 Å². The summed E-state index contributed by atoms with van der Waals surface area (Å²) in [5, 5.41) is 8.06. The lowest BCUT2D eigenvalue weighted by Crippen LogP contribution is -2.09. The van der Waals surface area contributed by atoms with Gasteiger partial charge in [-0.1, -0.05) is 24.3 Å². The molecule has 0 saturated heterocycles. The minimum atomic E-state index is 0.671. The van der Waals surface area contributed by atoms with Gasteiger partial charge in [0.05, 0.1) is 12.8 Å². The molecule has 0 aliphatic heterocycles. The van der Waals surface area contributed by atoms with Crippen LogP contribution in [0.15, 0.2) is 66.6 Å². The summed E-state index contributed by atoms with van der Waals surface area (Å²) >= 11 is 0. The number of ether oxygens (including phenoxy) is 1. The number of aromatic nitrogens is 3. The second-order valence-corrected chi connectivity index (χ2v) is 5.93. The van der Waals surface area contributed by atoms with Crippen molar-refractivity contribution in [3.05, 3.63) is 77.8 Å². The molecule has 4 rings (SSSR count). The van der Waals surface area contributed by atoms with Gasteiger partial charge in [0.2, 0.25) is 0 Å². The molecule has 0 saturated carbocycles. The summed E-state index contributed by atoms with van der Waals surface area (Å²) in [6.07, 6.45) is 8.56. The average Bonchev–Trinajstić information content (AvgIpc) is 3.32. The Morgan fingerprint density at radius 2 is 2.12 bits per heavy atom. The van der Waals surface area contributed by atoms with Crippen molar-refractivity contribution in [1.82, 2.24) is 14.6 Å². The number of hydrogen-bond acceptors (Lipinski definition) is 4. The van der Waals surface area contributed by atoms with Gasteiger partial charge in [-0.25, -0.2) is 9.50 Å². The van der Waals surface area contributed by atoms with Crippen LogP contribution in [0.3, 0.4) is 0 Å². The molecule has 5 nitrogen and oxygen atoms in total. The van der Waals surface area contributed by atoms with Crippen LogP contribution in [-0.4, -0.2) is 27.7 Å². The molecule has 1 aromatic carbocycles. The van der Waals surface area contributed by atoms with Crippen molar-refractivity contribution in [2.75, 3.05) is 18.5 Å². The number of benzene rings is 1. The Morgan fingerprint density at radius 3 is 2.96 bits per heavy atom. The number of anilines is 1. The average molecular weight is 344 g/mol. The molecule has 26 heavy (non-hydrogen) atoms. The van der Waals surface area contributed by atoms with E-state index >= 15 is 0 Å². The Bertz CT molecular complexity index is 1030. The molecule has 0 spiro atoms. The lowest BCUT2D eigenvalue weighted by molar-refractivity contribution is 0.336. The van der Waals surface area contributed by atoms with Gasteiger partial charge in [-0.15, -0.1) is 10.8 Å². The number of nitrogens with one attached hydrogen (secondary N) is 1. The maximum atomic E-state index is 5.68. The van der Waals surface area contributed by atoms with Gasteiger partial charge in [-0.05, 0) is 49.3 Å². The first-order valence-corrected chi connectivity index (χ1v) is 8.78. The van der Waals surface area contributed by atoms with Crippen molar-refractivity contribution >= 4 is 17.0 Å². The van der Waals surface area contributed by atoms with Gasteiger partial charge in [0.1, 0.15) is 17.3 Å². The fourth-order valence-electron chi connectivity index (χ4n) is 2.97. The molecule has 5 heteroatoms. The topological polar surface area (TPSA) is 51.5 Å². The lowest BCUT2D eigenvalue weighted by atomic mass is 10.1. The van der Waals surface area contributed by atoms with E-state index in [4.69, 9.17) is 4.74 Å². The predicted molar refractivity (Wildman–Crippen MR) is 103 cm³/mol. The molecule has 2 aromatic heterocycles. The fourth-order valence-corrected chi connectivity index (χ4v) is 2.97. The molecule has 1 N–H and O–H groups in total. The summed E-state index contributed by atoms with van der Waals surface area (Å²) in [4.78, 5) is 4.41. The minimum absolute atomic E-state index is 0.671. The van der Waals surface area contributed by atoms with Crippen molar-refractivity contribution in [3.63, 3.8) is 0 Å². The van der Waals surface area contributed by atoms with Crippen molar-refractivity contribution < 1.29 is 4.74 Å². The van der Waals surface area contributed by atoms with Crippen LogP contribution < -0.4 is 10.1 Å². The molecule has 0 atom stereocenters. The maximum absolute atomic E-state index is 5.68. The highest BCUT2D eigenvalue weighted by Gasteiger charge is 2.09. The summed E-state index contributed by atoms with van der Waals surface area (Å²) in [5.41, 5.74) is 7.15. The van der Waals surface area contributed by atoms with Crippen molar-refractivity contribution in [2.45, 2.75) is 13.3 Å². The van der Waals surface area contributed by atoms with Crippen LogP contribution in [0.1, 0.15) is 18.2 Å². The molecule has 1 aliphatic carbocycles. The molecule has 0 bridgehead atoms. The lowest BCUT2D eigenvalue weighted by Gasteiger charge is -2.11. The zero-order valence-electron chi connectivity index (χ0n) is 14.6. The second-order valence-electron chi connectivity index (χ2n) is 5.93. The molecule has 130 valence electrons. The largest absolute Gasteiger partial charge is 0.494 e. The summed E-state index contributed by atoms with van der Waals surface area (Å²) < 4.78 is 7.53. The minimum Gasteiger partial charge on any atom is -0.494 e. The van der Waals surface area contributed by atoms with Crippen LogP contribution in [0.25, 0.3) is 11.2 Å². The van der Waals surface area contributed by atoms with Gasteiger partial charge < -0.3 is 10.1 Å². The molecule has 2 heterocycles. The monoisotopic (exact) mass is 344 g/mol. The maximum Gasteiger partial charge on any atom is 0.154 e. The third-order valence-corrected chi connectivity index (χ3v) is 4.21. The van der Waals surface area contributed by atoms with Crippen molar-refractivity contribution in [3.8, 4) is 5.75 Å². The number of para-hydroxylation sites is 1. The van der Waals surface area contributed by atoms with E-state index in [1.165, 1.54) is 5.56 Å². The first-order chi connectivity index (χ1) is 12.8. The Hall–Kier alpha value is -3.30. The zero-order chi connectivity index (χ0) is 17.8. The summed E-state index contributed by atoms with van der Waals surface area (Å²) in [5.74, 6) is 1.76. The Labute approximate surface area is 152 Å². The van der Waals surface area contributed by atoms with E-state index in [0.29, 0.717) is 6.61 Å². The number of fused-ring (bicyclic) bond motifs is 1. The highest BCUT2D eigenvalue weighted by atomic mass is 16.5. The van der Waals surface area contributed by atoms with E-state index in [-0.39, 0.29) is 0 Å². The molecule has 3 aromatic rings. The van der Waals surface area contributed by atoms with Crippen LogP contribution in [0, 0.1) is 0 Å². The van der Waals surface area contributed by atoms with Crippen molar-refractivity contribution in [1.29, 1.82) is 0 Å². The Morgan fingerprint density at radius 1 is 1.19 bits per heavy atom. The summed E-state index contributed by atoms with van der Waals surface area (Å²) in [6.45, 7) is 3.45. The van der Waals surface area contributed by atoms with Crippen LogP contribution >= 0.6 is 0 Å². The smallest absolute Gasteiger partial charge is 0.154 e. The second kappa shape index (κ2) is 7.30. The Balaban J connectivity index is 1.49. The molecule has 0 radical (unpaired) electrons. The molecule has 0 fully saturated rings. The number of allylic oxidation sites excluding steroid dienone is 3. The molecular weight excluding hydrogens is 324 g/mol. The number of nitrogens with zero attached hydrogens (tertiary/aromatic N) is 3. The van der Waals surface area contributed by atoms with Crippen LogP contribution in [0.2, 0.25) is 0 Å². The number of rotatable bonds is 7. The SMILES string of the molecule is CCOc1ccccc1CCNc1ccc2ncc(C3=C=CC=C3)n2n1. The van der Waals surface area contributed by atoms with Gasteiger partial charge in [-0.2, -0.15) is 0 Å². The number of hydrogen-bond donors (Lipinski definition) is 1. The van der Waals surface area contributed by atoms with E-state index < -0.39 is 0 Å². The van der Waals surface area contributed by atoms with Gasteiger partial charge in [0.25, 0.3) is 0 Å². The van der Waals surface area contributed by atoms with Crippen LogP contribution in [-0.2, 0) is 6.42 Å². The van der Waals surface area contributed by atoms with E-state index in [0.717, 1.165) is 41.4 Å². The predicted octanol–water partition coefficient (Wildman–Crippen LogP) is 3.89. The fraction of sp³-hybridized carbons (Fsp3) is 0.190. The Kier molecular flexibility index (Phi) is 4.54. The normalized spacial score (nSPS) is 12.6. The van der Waals surface area contributed by atoms with Gasteiger partial charge in [-0.3, -0.25) is 0 Å². The quantitative estimate of drug-likeness (QED) is 0.661. The molecule has 1 aliphatic rings. The zero-order valence-corrected chi connectivity index (χ0v) is 14.6.